The molecular formula is C16H17N3O. The first-order valence-electron chi connectivity index (χ1n) is 6.70. The van der Waals surface area contributed by atoms with Crippen LogP contribution in [0.15, 0.2) is 30.3 Å². The van der Waals surface area contributed by atoms with E-state index in [1.807, 2.05) is 44.2 Å². The van der Waals surface area contributed by atoms with Crippen LogP contribution in [0.5, 0.6) is 0 Å². The highest BCUT2D eigenvalue weighted by atomic mass is 16.2. The van der Waals surface area contributed by atoms with Gasteiger partial charge in [-0.15, -0.1) is 0 Å². The molecule has 0 bridgehead atoms. The van der Waals surface area contributed by atoms with E-state index in [1.165, 1.54) is 0 Å². The van der Waals surface area contributed by atoms with Gasteiger partial charge in [0, 0.05) is 24.2 Å². The molecule has 4 nitrogen and oxygen atoms in total. The van der Waals surface area contributed by atoms with Gasteiger partial charge in [-0.2, -0.15) is 5.26 Å². The molecule has 1 heterocycles. The topological polar surface area (TPSA) is 57.0 Å². The maximum absolute atomic E-state index is 12.6. The Hall–Kier alpha value is -2.41. The molecule has 0 aliphatic rings. The van der Waals surface area contributed by atoms with Crippen LogP contribution in [-0.2, 0) is 0 Å². The predicted octanol–water partition coefficient (Wildman–Crippen LogP) is 2.92. The van der Waals surface area contributed by atoms with Gasteiger partial charge in [0.25, 0.3) is 5.91 Å². The van der Waals surface area contributed by atoms with Crippen molar-refractivity contribution in [2.24, 2.45) is 0 Å². The lowest BCUT2D eigenvalue weighted by atomic mass is 10.1. The SMILES string of the molecule is CCN(CCC#N)C(=O)c1cc(C)nc2ccccc12. The summed E-state index contributed by atoms with van der Waals surface area (Å²) in [6.45, 7) is 4.86. The summed E-state index contributed by atoms with van der Waals surface area (Å²) in [5.41, 5.74) is 2.31. The number of nitrogens with zero attached hydrogens (tertiary/aromatic N) is 3. The first-order chi connectivity index (χ1) is 9.67. The van der Waals surface area contributed by atoms with E-state index in [1.54, 1.807) is 4.90 Å². The second-order valence-corrected chi connectivity index (χ2v) is 4.62. The Labute approximate surface area is 118 Å². The van der Waals surface area contributed by atoms with Crippen LogP contribution < -0.4 is 0 Å². The fourth-order valence-electron chi connectivity index (χ4n) is 2.24. The molecule has 1 aromatic carbocycles. The van der Waals surface area contributed by atoms with Crippen molar-refractivity contribution in [2.75, 3.05) is 13.1 Å². The van der Waals surface area contributed by atoms with Crippen LogP contribution in [0.4, 0.5) is 0 Å². The molecule has 0 aliphatic heterocycles. The van der Waals surface area contributed by atoms with Crippen LogP contribution in [0.25, 0.3) is 10.9 Å². The number of rotatable bonds is 4. The summed E-state index contributed by atoms with van der Waals surface area (Å²) < 4.78 is 0. The van der Waals surface area contributed by atoms with Crippen molar-refractivity contribution in [2.45, 2.75) is 20.3 Å². The standard InChI is InChI=1S/C16H17N3O/c1-3-19(10-6-9-17)16(20)14-11-12(2)18-15-8-5-4-7-13(14)15/h4-5,7-8,11H,3,6,10H2,1-2H3. The monoisotopic (exact) mass is 267 g/mol. The summed E-state index contributed by atoms with van der Waals surface area (Å²) in [4.78, 5) is 18.8. The lowest BCUT2D eigenvalue weighted by Gasteiger charge is -2.20. The Morgan fingerprint density at radius 2 is 2.15 bits per heavy atom. The Morgan fingerprint density at radius 3 is 2.85 bits per heavy atom. The number of nitriles is 1. The number of fused-ring (bicyclic) bond motifs is 1. The fraction of sp³-hybridized carbons (Fsp3) is 0.312. The fourth-order valence-corrected chi connectivity index (χ4v) is 2.24. The van der Waals surface area contributed by atoms with Gasteiger partial charge in [0.1, 0.15) is 0 Å². The van der Waals surface area contributed by atoms with E-state index in [2.05, 4.69) is 11.1 Å². The number of aromatic nitrogens is 1. The second-order valence-electron chi connectivity index (χ2n) is 4.62. The maximum atomic E-state index is 12.6. The average Bonchev–Trinajstić information content (AvgIpc) is 2.46. The predicted molar refractivity (Wildman–Crippen MR) is 78.3 cm³/mol. The summed E-state index contributed by atoms with van der Waals surface area (Å²) in [7, 11) is 0. The highest BCUT2D eigenvalue weighted by Gasteiger charge is 2.17. The molecule has 0 N–H and O–H groups in total. The zero-order valence-corrected chi connectivity index (χ0v) is 11.8. The average molecular weight is 267 g/mol. The van der Waals surface area contributed by atoms with Crippen LogP contribution in [0, 0.1) is 18.3 Å². The van der Waals surface area contributed by atoms with E-state index in [9.17, 15) is 4.79 Å². The number of hydrogen-bond acceptors (Lipinski definition) is 3. The number of pyridine rings is 1. The van der Waals surface area contributed by atoms with Crippen molar-refractivity contribution in [3.05, 3.63) is 41.6 Å². The molecule has 0 aliphatic carbocycles. The molecule has 1 aromatic heterocycles. The van der Waals surface area contributed by atoms with Crippen LogP contribution in [0.3, 0.4) is 0 Å². The quantitative estimate of drug-likeness (QED) is 0.855. The van der Waals surface area contributed by atoms with E-state index < -0.39 is 0 Å². The van der Waals surface area contributed by atoms with E-state index in [0.29, 0.717) is 25.1 Å². The molecule has 0 fully saturated rings. The van der Waals surface area contributed by atoms with Gasteiger partial charge in [-0.25, -0.2) is 0 Å². The summed E-state index contributed by atoms with van der Waals surface area (Å²) >= 11 is 0. The van der Waals surface area contributed by atoms with Crippen LogP contribution >= 0.6 is 0 Å². The molecule has 1 amide bonds. The zero-order valence-electron chi connectivity index (χ0n) is 11.8. The Kier molecular flexibility index (Phi) is 4.31. The van der Waals surface area contributed by atoms with Gasteiger partial charge in [-0.1, -0.05) is 18.2 Å². The largest absolute Gasteiger partial charge is 0.338 e. The van der Waals surface area contributed by atoms with Gasteiger partial charge < -0.3 is 4.90 Å². The second kappa shape index (κ2) is 6.16. The third-order valence-electron chi connectivity index (χ3n) is 3.24. The maximum Gasteiger partial charge on any atom is 0.254 e. The van der Waals surface area contributed by atoms with Crippen LogP contribution in [0.2, 0.25) is 0 Å². The normalized spacial score (nSPS) is 10.2. The molecule has 0 atom stereocenters. The zero-order chi connectivity index (χ0) is 14.5. The number of aryl methyl sites for hydroxylation is 1. The first kappa shape index (κ1) is 14.0. The molecule has 2 aromatic rings. The number of amides is 1. The molecule has 4 heteroatoms. The van der Waals surface area contributed by atoms with Crippen molar-refractivity contribution >= 4 is 16.8 Å². The number of carbonyl (C=O) groups excluding carboxylic acids is 1. The molecule has 0 spiro atoms. The van der Waals surface area contributed by atoms with E-state index in [0.717, 1.165) is 16.6 Å². The lowest BCUT2D eigenvalue weighted by molar-refractivity contribution is 0.0769. The highest BCUT2D eigenvalue weighted by Crippen LogP contribution is 2.20. The minimum Gasteiger partial charge on any atom is -0.338 e. The third-order valence-corrected chi connectivity index (χ3v) is 3.24. The first-order valence-corrected chi connectivity index (χ1v) is 6.70. The van der Waals surface area contributed by atoms with Gasteiger partial charge in [0.2, 0.25) is 0 Å². The molecule has 102 valence electrons. The number of para-hydroxylation sites is 1. The van der Waals surface area contributed by atoms with Crippen molar-refractivity contribution in [1.82, 2.24) is 9.88 Å². The Bertz CT molecular complexity index is 673. The summed E-state index contributed by atoms with van der Waals surface area (Å²) in [5, 5.41) is 9.54. The van der Waals surface area contributed by atoms with Crippen molar-refractivity contribution in [1.29, 1.82) is 5.26 Å². The van der Waals surface area contributed by atoms with Gasteiger partial charge in [-0.3, -0.25) is 9.78 Å². The molecule has 2 rings (SSSR count). The Morgan fingerprint density at radius 1 is 1.40 bits per heavy atom. The van der Waals surface area contributed by atoms with Gasteiger partial charge in [0.15, 0.2) is 0 Å². The van der Waals surface area contributed by atoms with E-state index in [-0.39, 0.29) is 5.91 Å². The highest BCUT2D eigenvalue weighted by molar-refractivity contribution is 6.06. The Balaban J connectivity index is 2.46. The number of hydrogen-bond donors (Lipinski definition) is 0. The molecule has 0 radical (unpaired) electrons. The van der Waals surface area contributed by atoms with Crippen molar-refractivity contribution < 1.29 is 4.79 Å². The van der Waals surface area contributed by atoms with Gasteiger partial charge in [0.05, 0.1) is 23.6 Å². The smallest absolute Gasteiger partial charge is 0.254 e. The lowest BCUT2D eigenvalue weighted by Crippen LogP contribution is -2.31. The minimum atomic E-state index is -0.0375. The molecule has 0 saturated heterocycles. The molecule has 0 unspecified atom stereocenters. The summed E-state index contributed by atoms with van der Waals surface area (Å²) in [6.07, 6.45) is 0.349. The van der Waals surface area contributed by atoms with Crippen LogP contribution in [-0.4, -0.2) is 28.9 Å². The minimum absolute atomic E-state index is 0.0375. The van der Waals surface area contributed by atoms with Crippen molar-refractivity contribution in [3.8, 4) is 6.07 Å². The molecular weight excluding hydrogens is 250 g/mol. The summed E-state index contributed by atoms with van der Waals surface area (Å²) in [6, 6.07) is 11.5. The van der Waals surface area contributed by atoms with Crippen LogP contribution in [0.1, 0.15) is 29.4 Å². The molecule has 0 saturated carbocycles. The summed E-state index contributed by atoms with van der Waals surface area (Å²) in [5.74, 6) is -0.0375. The number of carbonyl (C=O) groups is 1. The van der Waals surface area contributed by atoms with E-state index >= 15 is 0 Å². The molecule has 20 heavy (non-hydrogen) atoms. The van der Waals surface area contributed by atoms with E-state index in [4.69, 9.17) is 5.26 Å². The van der Waals surface area contributed by atoms with Gasteiger partial charge in [-0.05, 0) is 26.0 Å². The van der Waals surface area contributed by atoms with Gasteiger partial charge >= 0.3 is 0 Å². The number of benzene rings is 1. The third kappa shape index (κ3) is 2.77. The van der Waals surface area contributed by atoms with Crippen molar-refractivity contribution in [3.63, 3.8) is 0 Å².